The third-order valence-corrected chi connectivity index (χ3v) is 4.76. The van der Waals surface area contributed by atoms with Crippen molar-refractivity contribution in [2.75, 3.05) is 0 Å². The molecule has 0 saturated heterocycles. The van der Waals surface area contributed by atoms with Gasteiger partial charge in [-0.1, -0.05) is 84.5 Å². The molecule has 0 saturated carbocycles. The minimum Gasteiger partial charge on any atom is -0.470 e. The van der Waals surface area contributed by atoms with E-state index in [1.807, 2.05) is 0 Å². The van der Waals surface area contributed by atoms with Crippen molar-refractivity contribution in [3.05, 3.63) is 0 Å². The van der Waals surface area contributed by atoms with Crippen molar-refractivity contribution < 1.29 is 9.53 Å². The summed E-state index contributed by atoms with van der Waals surface area (Å²) >= 11 is 0. The first-order chi connectivity index (χ1) is 10.8. The zero-order valence-corrected chi connectivity index (χ0v) is 14.7. The molecule has 0 fully saturated rings. The van der Waals surface area contributed by atoms with Gasteiger partial charge < -0.3 is 4.74 Å². The maximum absolute atomic E-state index is 11.6. The first-order valence-corrected chi connectivity index (χ1v) is 9.51. The second-order valence-corrected chi connectivity index (χ2v) is 6.62. The van der Waals surface area contributed by atoms with Crippen molar-refractivity contribution >= 4 is 12.3 Å². The van der Waals surface area contributed by atoms with Crippen LogP contribution in [0.25, 0.3) is 0 Å². The number of nitrogens with zero attached hydrogens (tertiary/aromatic N) is 1. The third kappa shape index (κ3) is 7.95. The van der Waals surface area contributed by atoms with Crippen LogP contribution in [0.3, 0.4) is 0 Å². The first kappa shape index (κ1) is 19.2. The lowest BCUT2D eigenvalue weighted by Gasteiger charge is -2.19. The Morgan fingerprint density at radius 3 is 1.95 bits per heavy atom. The van der Waals surface area contributed by atoms with E-state index in [0.29, 0.717) is 5.92 Å². The van der Waals surface area contributed by atoms with E-state index in [0.717, 1.165) is 12.8 Å². The summed E-state index contributed by atoms with van der Waals surface area (Å²) in [6.45, 7) is 4.41. The van der Waals surface area contributed by atoms with E-state index >= 15 is 0 Å². The van der Waals surface area contributed by atoms with Crippen LogP contribution in [0.5, 0.6) is 0 Å². The summed E-state index contributed by atoms with van der Waals surface area (Å²) in [7, 11) is 0. The monoisotopic (exact) mass is 309 g/mol. The van der Waals surface area contributed by atoms with Gasteiger partial charge in [-0.25, -0.2) is 0 Å². The van der Waals surface area contributed by atoms with Gasteiger partial charge >= 0.3 is 0 Å². The van der Waals surface area contributed by atoms with Crippen LogP contribution >= 0.6 is 0 Å². The molecule has 1 heterocycles. The van der Waals surface area contributed by atoms with Crippen molar-refractivity contribution in [2.45, 2.75) is 103 Å². The average Bonchev–Trinajstić information content (AvgIpc) is 2.95. The van der Waals surface area contributed by atoms with Crippen LogP contribution in [0.2, 0.25) is 0 Å². The molecular formula is C19H35NO2. The molecule has 128 valence electrons. The highest BCUT2D eigenvalue weighted by Gasteiger charge is 2.30. The van der Waals surface area contributed by atoms with Gasteiger partial charge in [0.25, 0.3) is 5.91 Å². The fourth-order valence-corrected chi connectivity index (χ4v) is 3.23. The number of ether oxygens (including phenoxy) is 1. The molecule has 2 atom stereocenters. The Bertz CT molecular complexity index is 315. The van der Waals surface area contributed by atoms with Gasteiger partial charge in [0.15, 0.2) is 12.5 Å². The van der Waals surface area contributed by atoms with Gasteiger partial charge in [-0.2, -0.15) is 4.99 Å². The maximum Gasteiger partial charge on any atom is 0.289 e. The van der Waals surface area contributed by atoms with E-state index in [1.165, 1.54) is 77.0 Å². The van der Waals surface area contributed by atoms with Crippen molar-refractivity contribution in [3.8, 4) is 0 Å². The van der Waals surface area contributed by atoms with Crippen molar-refractivity contribution in [2.24, 2.45) is 10.9 Å². The summed E-state index contributed by atoms with van der Waals surface area (Å²) in [5.74, 6) is 0.253. The van der Waals surface area contributed by atoms with Crippen molar-refractivity contribution in [1.82, 2.24) is 0 Å². The number of carbonyl (C=O) groups is 1. The molecule has 0 aromatic rings. The molecule has 1 aliphatic rings. The lowest BCUT2D eigenvalue weighted by atomic mass is 9.92. The Labute approximate surface area is 136 Å². The van der Waals surface area contributed by atoms with Gasteiger partial charge in [0.05, 0.1) is 0 Å². The van der Waals surface area contributed by atoms with Crippen LogP contribution in [-0.2, 0) is 9.53 Å². The molecule has 2 unspecified atom stereocenters. The normalized spacial score (nSPS) is 18.6. The lowest BCUT2D eigenvalue weighted by molar-refractivity contribution is -0.124. The van der Waals surface area contributed by atoms with Gasteiger partial charge in [0.1, 0.15) is 0 Å². The van der Waals surface area contributed by atoms with Crippen LogP contribution in [0.4, 0.5) is 0 Å². The number of aliphatic imine (C=N–C) groups is 1. The second-order valence-electron chi connectivity index (χ2n) is 6.62. The predicted molar refractivity (Wildman–Crippen MR) is 93.2 cm³/mol. The van der Waals surface area contributed by atoms with Crippen LogP contribution in [0.1, 0.15) is 97.3 Å². The number of unbranched alkanes of at least 4 members (excludes halogenated alkanes) is 10. The smallest absolute Gasteiger partial charge is 0.289 e. The third-order valence-electron chi connectivity index (χ3n) is 4.76. The maximum atomic E-state index is 11.6. The van der Waals surface area contributed by atoms with Crippen LogP contribution in [0, 0.1) is 5.92 Å². The molecular weight excluding hydrogens is 274 g/mol. The highest BCUT2D eigenvalue weighted by atomic mass is 16.5. The van der Waals surface area contributed by atoms with Gasteiger partial charge in [0, 0.05) is 5.92 Å². The fraction of sp³-hybridized carbons (Fsp3) is 0.895. The topological polar surface area (TPSA) is 38.7 Å². The van der Waals surface area contributed by atoms with E-state index in [2.05, 4.69) is 18.8 Å². The second kappa shape index (κ2) is 12.7. The standard InChI is InChI=1S/C19H35NO2/c1-3-5-6-7-8-9-10-11-12-13-14-15-17(4-2)18-19(21)20-16-22-18/h16-18H,3-15H2,1-2H3. The number of carbonyl (C=O) groups excluding carboxylic acids is 1. The molecule has 1 aliphatic heterocycles. The highest BCUT2D eigenvalue weighted by Crippen LogP contribution is 2.23. The molecule has 0 spiro atoms. The van der Waals surface area contributed by atoms with E-state index in [9.17, 15) is 4.79 Å². The van der Waals surface area contributed by atoms with E-state index < -0.39 is 0 Å². The average molecular weight is 309 g/mol. The minimum absolute atomic E-state index is 0.0880. The molecule has 0 radical (unpaired) electrons. The zero-order valence-electron chi connectivity index (χ0n) is 14.7. The molecule has 3 nitrogen and oxygen atoms in total. The predicted octanol–water partition coefficient (Wildman–Crippen LogP) is 5.67. The zero-order chi connectivity index (χ0) is 16.0. The SMILES string of the molecule is CCCCCCCCCCCCCC(CC)C1OC=NC1=O. The summed E-state index contributed by atoms with van der Waals surface area (Å²) < 4.78 is 5.33. The highest BCUT2D eigenvalue weighted by molar-refractivity contribution is 5.91. The Morgan fingerprint density at radius 2 is 1.50 bits per heavy atom. The molecule has 0 aromatic heterocycles. The van der Waals surface area contributed by atoms with E-state index in [1.54, 1.807) is 0 Å². The fourth-order valence-electron chi connectivity index (χ4n) is 3.23. The Morgan fingerprint density at radius 1 is 0.955 bits per heavy atom. The number of hydrogen-bond donors (Lipinski definition) is 0. The van der Waals surface area contributed by atoms with E-state index in [4.69, 9.17) is 4.74 Å². The minimum atomic E-state index is -0.298. The van der Waals surface area contributed by atoms with Crippen molar-refractivity contribution in [1.29, 1.82) is 0 Å². The number of hydrogen-bond acceptors (Lipinski definition) is 2. The van der Waals surface area contributed by atoms with Gasteiger partial charge in [0.2, 0.25) is 0 Å². The Balaban J connectivity index is 1.91. The summed E-state index contributed by atoms with van der Waals surface area (Å²) in [5, 5.41) is 0. The first-order valence-electron chi connectivity index (χ1n) is 9.51. The Hall–Kier alpha value is -0.860. The van der Waals surface area contributed by atoms with Crippen LogP contribution < -0.4 is 0 Å². The molecule has 3 heteroatoms. The summed E-state index contributed by atoms with van der Waals surface area (Å²) in [4.78, 5) is 15.3. The van der Waals surface area contributed by atoms with Crippen LogP contribution in [0.15, 0.2) is 4.99 Å². The molecule has 1 rings (SSSR count). The van der Waals surface area contributed by atoms with Gasteiger partial charge in [-0.3, -0.25) is 4.79 Å². The molecule has 0 bridgehead atoms. The Kier molecular flexibility index (Phi) is 11.0. The largest absolute Gasteiger partial charge is 0.470 e. The lowest BCUT2D eigenvalue weighted by Crippen LogP contribution is -2.26. The van der Waals surface area contributed by atoms with Crippen LogP contribution in [-0.4, -0.2) is 18.4 Å². The molecule has 22 heavy (non-hydrogen) atoms. The number of rotatable bonds is 14. The van der Waals surface area contributed by atoms with Crippen molar-refractivity contribution in [3.63, 3.8) is 0 Å². The summed E-state index contributed by atoms with van der Waals surface area (Å²) in [6, 6.07) is 0. The van der Waals surface area contributed by atoms with E-state index in [-0.39, 0.29) is 12.0 Å². The summed E-state index contributed by atoms with van der Waals surface area (Å²) in [6.07, 6.45) is 18.1. The molecule has 0 aromatic carbocycles. The summed E-state index contributed by atoms with van der Waals surface area (Å²) in [5.41, 5.74) is 0. The quantitative estimate of drug-likeness (QED) is 0.388. The molecule has 0 aliphatic carbocycles. The van der Waals surface area contributed by atoms with Gasteiger partial charge in [-0.05, 0) is 12.8 Å². The van der Waals surface area contributed by atoms with Gasteiger partial charge in [-0.15, -0.1) is 0 Å². The molecule has 1 amide bonds. The number of amides is 1. The molecule has 0 N–H and O–H groups in total.